The highest BCUT2D eigenvalue weighted by Gasteiger charge is 2.29. The van der Waals surface area contributed by atoms with Crippen LogP contribution in [0, 0.1) is 6.92 Å². The Balaban J connectivity index is 1.62. The Morgan fingerprint density at radius 2 is 1.90 bits per heavy atom. The number of carbonyl (C=O) groups is 1. The number of esters is 1. The van der Waals surface area contributed by atoms with E-state index in [9.17, 15) is 19.5 Å². The van der Waals surface area contributed by atoms with Gasteiger partial charge in [0.1, 0.15) is 17.1 Å². The molecule has 0 radical (unpaired) electrons. The van der Waals surface area contributed by atoms with Gasteiger partial charge in [-0.25, -0.2) is 0 Å². The molecule has 0 saturated heterocycles. The van der Waals surface area contributed by atoms with Gasteiger partial charge in [-0.15, -0.1) is 0 Å². The number of nitrogens with zero attached hydrogens (tertiary/aromatic N) is 1. The third kappa shape index (κ3) is 4.79. The fourth-order valence-electron chi connectivity index (χ4n) is 5.05. The topological polar surface area (TPSA) is 124 Å². The van der Waals surface area contributed by atoms with Crippen molar-refractivity contribution < 1.29 is 23.8 Å². The summed E-state index contributed by atoms with van der Waals surface area (Å²) in [4.78, 5) is 43.2. The number of H-pyrrole nitrogens is 1. The van der Waals surface area contributed by atoms with Gasteiger partial charge in [-0.1, -0.05) is 18.2 Å². The average molecular weight is 529 g/mol. The summed E-state index contributed by atoms with van der Waals surface area (Å²) in [6.07, 6.45) is 3.36. The number of fused-ring (bicyclic) bond motifs is 2. The molecule has 0 aliphatic carbocycles. The lowest BCUT2D eigenvalue weighted by Crippen LogP contribution is -2.30. The molecule has 200 valence electrons. The van der Waals surface area contributed by atoms with Gasteiger partial charge in [-0.2, -0.15) is 0 Å². The van der Waals surface area contributed by atoms with E-state index in [1.165, 1.54) is 32.6 Å². The van der Waals surface area contributed by atoms with Crippen LogP contribution in [0.4, 0.5) is 0 Å². The first-order chi connectivity index (χ1) is 18.8. The van der Waals surface area contributed by atoms with Gasteiger partial charge in [-0.05, 0) is 49.2 Å². The summed E-state index contributed by atoms with van der Waals surface area (Å²) in [6.45, 7) is 2.06. The number of para-hydroxylation sites is 1. The Labute approximate surface area is 223 Å². The van der Waals surface area contributed by atoms with Gasteiger partial charge in [0.2, 0.25) is 0 Å². The molecule has 0 unspecified atom stereocenters. The largest absolute Gasteiger partial charge is 0.507 e. The van der Waals surface area contributed by atoms with E-state index < -0.39 is 22.9 Å². The summed E-state index contributed by atoms with van der Waals surface area (Å²) >= 11 is 0. The normalized spacial score (nSPS) is 12.1. The Morgan fingerprint density at radius 1 is 1.10 bits per heavy atom. The number of rotatable bonds is 8. The Bertz CT molecular complexity index is 1810. The standard InChI is InChI=1S/C30H28N2O7/c1-17-12-25(33)28(30(36)32(17)11-10-18-15-31-24-7-5-4-6-20(18)24)21(14-27(34)38-3)23-16-39-26-9-8-19(37-2)13-22(26)29(23)35/h4-9,12-13,15-16,21,31,33H,10-11,14H2,1-3H3/t21-/m0/s1. The van der Waals surface area contributed by atoms with Crippen LogP contribution in [0.25, 0.3) is 21.9 Å². The lowest BCUT2D eigenvalue weighted by molar-refractivity contribution is -0.140. The van der Waals surface area contributed by atoms with Gasteiger partial charge < -0.3 is 28.5 Å². The van der Waals surface area contributed by atoms with Crippen molar-refractivity contribution in [3.63, 3.8) is 0 Å². The quantitative estimate of drug-likeness (QED) is 0.286. The number of aromatic hydroxyl groups is 1. The number of aromatic nitrogens is 2. The van der Waals surface area contributed by atoms with Crippen LogP contribution in [-0.2, 0) is 22.5 Å². The molecular formula is C30H28N2O7. The number of aryl methyl sites for hydroxylation is 2. The number of ether oxygens (including phenoxy) is 2. The van der Waals surface area contributed by atoms with Crippen molar-refractivity contribution in [1.82, 2.24) is 9.55 Å². The molecule has 0 spiro atoms. The molecule has 9 nitrogen and oxygen atoms in total. The molecule has 1 atom stereocenters. The molecule has 5 rings (SSSR count). The summed E-state index contributed by atoms with van der Waals surface area (Å²) in [5.74, 6) is -1.60. The number of benzene rings is 2. The molecule has 2 aromatic carbocycles. The van der Waals surface area contributed by atoms with Crippen LogP contribution >= 0.6 is 0 Å². The number of hydrogen-bond donors (Lipinski definition) is 2. The Hall–Kier alpha value is -4.79. The maximum Gasteiger partial charge on any atom is 0.306 e. The average Bonchev–Trinajstić information content (AvgIpc) is 3.35. The molecule has 3 aromatic heterocycles. The lowest BCUT2D eigenvalue weighted by atomic mass is 9.88. The SMILES string of the molecule is COC(=O)C[C@@H](c1coc2ccc(OC)cc2c1=O)c1c(O)cc(C)n(CCc2c[nH]c3ccccc23)c1=O. The second-order valence-electron chi connectivity index (χ2n) is 9.37. The van der Waals surface area contributed by atoms with E-state index in [4.69, 9.17) is 13.9 Å². The van der Waals surface area contributed by atoms with Crippen LogP contribution in [-0.4, -0.2) is 34.8 Å². The van der Waals surface area contributed by atoms with Crippen LogP contribution < -0.4 is 15.7 Å². The second-order valence-corrected chi connectivity index (χ2v) is 9.37. The number of hydrogen-bond acceptors (Lipinski definition) is 7. The van der Waals surface area contributed by atoms with Crippen molar-refractivity contribution in [2.24, 2.45) is 0 Å². The first-order valence-corrected chi connectivity index (χ1v) is 12.5. The molecule has 0 amide bonds. The van der Waals surface area contributed by atoms with Gasteiger partial charge in [0, 0.05) is 40.8 Å². The summed E-state index contributed by atoms with van der Waals surface area (Å²) in [5, 5.41) is 12.3. The maximum absolute atomic E-state index is 13.9. The van der Waals surface area contributed by atoms with E-state index in [2.05, 4.69) is 4.98 Å². The summed E-state index contributed by atoms with van der Waals surface area (Å²) in [6, 6.07) is 14.2. The molecule has 5 aromatic rings. The highest BCUT2D eigenvalue weighted by molar-refractivity contribution is 5.83. The van der Waals surface area contributed by atoms with Crippen molar-refractivity contribution >= 4 is 27.8 Å². The smallest absolute Gasteiger partial charge is 0.306 e. The minimum absolute atomic E-state index is 0.0561. The minimum atomic E-state index is -1.10. The highest BCUT2D eigenvalue weighted by Crippen LogP contribution is 2.32. The number of nitrogens with one attached hydrogen (secondary N) is 1. The summed E-state index contributed by atoms with van der Waals surface area (Å²) in [5.41, 5.74) is 1.97. The van der Waals surface area contributed by atoms with Gasteiger partial charge in [-0.3, -0.25) is 14.4 Å². The van der Waals surface area contributed by atoms with E-state index >= 15 is 0 Å². The van der Waals surface area contributed by atoms with Crippen LogP contribution in [0.5, 0.6) is 11.5 Å². The van der Waals surface area contributed by atoms with E-state index in [0.717, 1.165) is 16.5 Å². The lowest BCUT2D eigenvalue weighted by Gasteiger charge is -2.20. The van der Waals surface area contributed by atoms with Gasteiger partial charge >= 0.3 is 5.97 Å². The van der Waals surface area contributed by atoms with Crippen LogP contribution in [0.3, 0.4) is 0 Å². The molecular weight excluding hydrogens is 500 g/mol. The minimum Gasteiger partial charge on any atom is -0.507 e. The molecule has 0 saturated carbocycles. The van der Waals surface area contributed by atoms with E-state index in [1.54, 1.807) is 23.6 Å². The number of methoxy groups -OCH3 is 2. The maximum atomic E-state index is 13.9. The number of aromatic amines is 1. The molecule has 3 heterocycles. The van der Waals surface area contributed by atoms with E-state index in [1.807, 2.05) is 30.5 Å². The first kappa shape index (κ1) is 25.8. The molecule has 0 aliphatic heterocycles. The summed E-state index contributed by atoms with van der Waals surface area (Å²) in [7, 11) is 2.71. The van der Waals surface area contributed by atoms with Crippen molar-refractivity contribution in [3.05, 3.63) is 104 Å². The van der Waals surface area contributed by atoms with Crippen molar-refractivity contribution in [1.29, 1.82) is 0 Å². The zero-order valence-corrected chi connectivity index (χ0v) is 21.8. The predicted molar refractivity (Wildman–Crippen MR) is 147 cm³/mol. The predicted octanol–water partition coefficient (Wildman–Crippen LogP) is 4.40. The third-order valence-electron chi connectivity index (χ3n) is 7.13. The monoisotopic (exact) mass is 528 g/mol. The molecule has 9 heteroatoms. The number of pyridine rings is 1. The van der Waals surface area contributed by atoms with Gasteiger partial charge in [0.15, 0.2) is 5.43 Å². The fraction of sp³-hybridized carbons (Fsp3) is 0.233. The van der Waals surface area contributed by atoms with E-state index in [-0.39, 0.29) is 28.7 Å². The van der Waals surface area contributed by atoms with E-state index in [0.29, 0.717) is 30.0 Å². The molecule has 39 heavy (non-hydrogen) atoms. The fourth-order valence-corrected chi connectivity index (χ4v) is 5.05. The van der Waals surface area contributed by atoms with Crippen molar-refractivity contribution in [2.45, 2.75) is 32.2 Å². The zero-order chi connectivity index (χ0) is 27.7. The van der Waals surface area contributed by atoms with Gasteiger partial charge in [0.25, 0.3) is 5.56 Å². The van der Waals surface area contributed by atoms with Crippen molar-refractivity contribution in [3.8, 4) is 11.5 Å². The Morgan fingerprint density at radius 3 is 2.67 bits per heavy atom. The highest BCUT2D eigenvalue weighted by atomic mass is 16.5. The number of carbonyl (C=O) groups excluding carboxylic acids is 1. The summed E-state index contributed by atoms with van der Waals surface area (Å²) < 4.78 is 17.4. The second kappa shape index (κ2) is 10.5. The van der Waals surface area contributed by atoms with Crippen LogP contribution in [0.15, 0.2) is 75.0 Å². The Kier molecular flexibility index (Phi) is 6.98. The van der Waals surface area contributed by atoms with Crippen molar-refractivity contribution in [2.75, 3.05) is 14.2 Å². The molecule has 0 bridgehead atoms. The van der Waals surface area contributed by atoms with Crippen LogP contribution in [0.2, 0.25) is 0 Å². The molecule has 0 fully saturated rings. The zero-order valence-electron chi connectivity index (χ0n) is 21.8. The van der Waals surface area contributed by atoms with Crippen LogP contribution in [0.1, 0.15) is 34.7 Å². The third-order valence-corrected chi connectivity index (χ3v) is 7.13. The van der Waals surface area contributed by atoms with Gasteiger partial charge in [0.05, 0.1) is 37.9 Å². The molecule has 0 aliphatic rings. The molecule has 2 N–H and O–H groups in total. The first-order valence-electron chi connectivity index (χ1n) is 12.5.